The van der Waals surface area contributed by atoms with Crippen LogP contribution in [0, 0.1) is 11.6 Å². The van der Waals surface area contributed by atoms with Gasteiger partial charge in [0.1, 0.15) is 11.6 Å². The normalized spacial score (nSPS) is 14.7. The van der Waals surface area contributed by atoms with Crippen molar-refractivity contribution >= 4 is 27.5 Å². The predicted molar refractivity (Wildman–Crippen MR) is 110 cm³/mol. The first-order chi connectivity index (χ1) is 14.0. The minimum absolute atomic E-state index is 0.0810. The van der Waals surface area contributed by atoms with E-state index in [1.54, 1.807) is 22.9 Å². The van der Waals surface area contributed by atoms with Crippen molar-refractivity contribution in [2.24, 2.45) is 0 Å². The van der Waals surface area contributed by atoms with E-state index < -0.39 is 11.7 Å². The highest BCUT2D eigenvalue weighted by atomic mass is 79.9. The third-order valence-corrected chi connectivity index (χ3v) is 5.50. The van der Waals surface area contributed by atoms with E-state index in [4.69, 9.17) is 0 Å². The summed E-state index contributed by atoms with van der Waals surface area (Å²) in [4.78, 5) is 13.0. The minimum atomic E-state index is -0.534. The van der Waals surface area contributed by atoms with E-state index in [0.717, 1.165) is 25.9 Å². The number of nitrogens with zero attached hydrogens (tertiary/aromatic N) is 2. The van der Waals surface area contributed by atoms with Crippen molar-refractivity contribution in [2.45, 2.75) is 18.8 Å². The zero-order valence-electron chi connectivity index (χ0n) is 15.5. The summed E-state index contributed by atoms with van der Waals surface area (Å²) >= 11 is 3.20. The summed E-state index contributed by atoms with van der Waals surface area (Å²) in [7, 11) is 0. The second kappa shape index (κ2) is 8.42. The molecule has 0 radical (unpaired) electrons. The van der Waals surface area contributed by atoms with Gasteiger partial charge in [0.2, 0.25) is 0 Å². The van der Waals surface area contributed by atoms with Crippen molar-refractivity contribution in [3.05, 3.63) is 76.0 Å². The van der Waals surface area contributed by atoms with Gasteiger partial charge in [-0.1, -0.05) is 22.0 Å². The van der Waals surface area contributed by atoms with E-state index in [9.17, 15) is 13.6 Å². The average Bonchev–Trinajstić information content (AvgIpc) is 3.16. The molecular weight excluding hydrogens is 442 g/mol. The monoisotopic (exact) mass is 460 g/mol. The molecule has 1 aromatic heterocycles. The summed E-state index contributed by atoms with van der Waals surface area (Å²) < 4.78 is 30.2. The van der Waals surface area contributed by atoms with E-state index in [2.05, 4.69) is 31.7 Å². The van der Waals surface area contributed by atoms with Crippen LogP contribution in [0.1, 0.15) is 34.8 Å². The Morgan fingerprint density at radius 1 is 1.17 bits per heavy atom. The fraction of sp³-hybridized carbons (Fsp3) is 0.238. The topological polar surface area (TPSA) is 59.0 Å². The van der Waals surface area contributed by atoms with Crippen LogP contribution in [-0.2, 0) is 0 Å². The third kappa shape index (κ3) is 4.23. The van der Waals surface area contributed by atoms with E-state index in [-0.39, 0.29) is 17.4 Å². The molecule has 1 aliphatic rings. The number of hydrogen-bond acceptors (Lipinski definition) is 3. The van der Waals surface area contributed by atoms with Gasteiger partial charge in [0.05, 0.1) is 28.8 Å². The quantitative estimate of drug-likeness (QED) is 0.596. The van der Waals surface area contributed by atoms with Gasteiger partial charge in [-0.2, -0.15) is 5.10 Å². The molecule has 29 heavy (non-hydrogen) atoms. The predicted octanol–water partition coefficient (Wildman–Crippen LogP) is 4.63. The van der Waals surface area contributed by atoms with Crippen LogP contribution in [-0.4, -0.2) is 28.8 Å². The van der Waals surface area contributed by atoms with Gasteiger partial charge < -0.3 is 10.6 Å². The van der Waals surface area contributed by atoms with Crippen molar-refractivity contribution in [3.8, 4) is 5.69 Å². The first-order valence-corrected chi connectivity index (χ1v) is 10.1. The van der Waals surface area contributed by atoms with Gasteiger partial charge in [0.25, 0.3) is 5.91 Å². The Kier molecular flexibility index (Phi) is 5.73. The minimum Gasteiger partial charge on any atom is -0.319 e. The smallest absolute Gasteiger partial charge is 0.259 e. The van der Waals surface area contributed by atoms with Crippen molar-refractivity contribution in [1.82, 2.24) is 15.1 Å². The number of aromatic nitrogens is 2. The number of nitrogens with one attached hydrogen (secondary N) is 2. The molecule has 5 nitrogen and oxygen atoms in total. The Morgan fingerprint density at radius 3 is 2.69 bits per heavy atom. The summed E-state index contributed by atoms with van der Waals surface area (Å²) in [6.45, 7) is 1.64. The molecule has 0 spiro atoms. The molecule has 1 fully saturated rings. The van der Waals surface area contributed by atoms with Gasteiger partial charge in [-0.05, 0) is 62.3 Å². The fourth-order valence-corrected chi connectivity index (χ4v) is 3.95. The molecule has 2 N–H and O–H groups in total. The second-order valence-corrected chi connectivity index (χ2v) is 7.85. The highest BCUT2D eigenvalue weighted by molar-refractivity contribution is 9.10. The van der Waals surface area contributed by atoms with Crippen molar-refractivity contribution in [1.29, 1.82) is 0 Å². The maximum absolute atomic E-state index is 14.2. The average molecular weight is 461 g/mol. The van der Waals surface area contributed by atoms with Crippen LogP contribution in [0.3, 0.4) is 0 Å². The van der Waals surface area contributed by atoms with Crippen LogP contribution in [0.4, 0.5) is 14.5 Å². The molecule has 150 valence electrons. The lowest BCUT2D eigenvalue weighted by atomic mass is 9.91. The molecule has 0 bridgehead atoms. The van der Waals surface area contributed by atoms with E-state index in [1.165, 1.54) is 30.5 Å². The van der Waals surface area contributed by atoms with Crippen molar-refractivity contribution in [2.75, 3.05) is 18.4 Å². The number of carbonyl (C=O) groups excluding carboxylic acids is 1. The van der Waals surface area contributed by atoms with E-state index >= 15 is 0 Å². The van der Waals surface area contributed by atoms with Gasteiger partial charge in [-0.3, -0.25) is 4.79 Å². The highest BCUT2D eigenvalue weighted by Crippen LogP contribution is 2.31. The van der Waals surface area contributed by atoms with Gasteiger partial charge >= 0.3 is 0 Å². The molecule has 0 saturated carbocycles. The third-order valence-electron chi connectivity index (χ3n) is 5.01. The maximum Gasteiger partial charge on any atom is 0.259 e. The van der Waals surface area contributed by atoms with Crippen LogP contribution in [0.25, 0.3) is 5.69 Å². The fourth-order valence-electron chi connectivity index (χ4n) is 3.62. The second-order valence-electron chi connectivity index (χ2n) is 6.94. The molecule has 2 heterocycles. The molecule has 1 amide bonds. The Morgan fingerprint density at radius 2 is 1.97 bits per heavy atom. The van der Waals surface area contributed by atoms with E-state index in [1.807, 2.05) is 0 Å². The molecule has 0 unspecified atom stereocenters. The first kappa shape index (κ1) is 19.7. The van der Waals surface area contributed by atoms with Crippen molar-refractivity contribution in [3.63, 3.8) is 0 Å². The molecule has 1 aliphatic heterocycles. The Bertz CT molecular complexity index is 1050. The lowest BCUT2D eigenvalue weighted by Crippen LogP contribution is -2.29. The zero-order valence-corrected chi connectivity index (χ0v) is 17.0. The number of carbonyl (C=O) groups is 1. The van der Waals surface area contributed by atoms with Crippen LogP contribution >= 0.6 is 15.9 Å². The van der Waals surface area contributed by atoms with Gasteiger partial charge in [0, 0.05) is 10.4 Å². The molecule has 1 saturated heterocycles. The van der Waals surface area contributed by atoms with E-state index in [0.29, 0.717) is 21.4 Å². The standard InChI is InChI=1S/C21H19BrF2N4O/c22-14-4-5-19(18(24)10-14)27-21(29)17-12-26-28(16-3-1-2-15(23)11-16)20(17)13-6-8-25-9-7-13/h1-5,10-13,25H,6-9H2,(H,27,29). The summed E-state index contributed by atoms with van der Waals surface area (Å²) in [6, 6.07) is 10.5. The maximum atomic E-state index is 14.2. The Hall–Kier alpha value is -2.58. The Balaban J connectivity index is 1.73. The zero-order chi connectivity index (χ0) is 20.4. The lowest BCUT2D eigenvalue weighted by Gasteiger charge is -2.24. The molecule has 2 aromatic carbocycles. The highest BCUT2D eigenvalue weighted by Gasteiger charge is 2.27. The number of rotatable bonds is 4. The Labute approximate surface area is 175 Å². The van der Waals surface area contributed by atoms with Crippen LogP contribution in [0.15, 0.2) is 53.1 Å². The van der Waals surface area contributed by atoms with Crippen LogP contribution < -0.4 is 10.6 Å². The molecule has 0 atom stereocenters. The first-order valence-electron chi connectivity index (χ1n) is 9.34. The molecule has 3 aromatic rings. The summed E-state index contributed by atoms with van der Waals surface area (Å²) in [6.07, 6.45) is 3.12. The number of benzene rings is 2. The molecule has 8 heteroatoms. The SMILES string of the molecule is O=C(Nc1ccc(Br)cc1F)c1cnn(-c2cccc(F)c2)c1C1CCNCC1. The van der Waals surface area contributed by atoms with Gasteiger partial charge in [0.15, 0.2) is 0 Å². The lowest BCUT2D eigenvalue weighted by molar-refractivity contribution is 0.102. The molecule has 4 rings (SSSR count). The number of halogens is 3. The van der Waals surface area contributed by atoms with Gasteiger partial charge in [-0.25, -0.2) is 13.5 Å². The summed E-state index contributed by atoms with van der Waals surface area (Å²) in [5.74, 6) is -1.27. The van der Waals surface area contributed by atoms with Crippen LogP contribution in [0.5, 0.6) is 0 Å². The summed E-state index contributed by atoms with van der Waals surface area (Å²) in [5.41, 5.74) is 1.72. The van der Waals surface area contributed by atoms with Crippen LogP contribution in [0.2, 0.25) is 0 Å². The molecule has 0 aliphatic carbocycles. The number of piperidine rings is 1. The summed E-state index contributed by atoms with van der Waals surface area (Å²) in [5, 5.41) is 10.3. The number of amides is 1. The van der Waals surface area contributed by atoms with Gasteiger partial charge in [-0.15, -0.1) is 0 Å². The largest absolute Gasteiger partial charge is 0.319 e. The number of hydrogen-bond donors (Lipinski definition) is 2. The number of anilines is 1. The van der Waals surface area contributed by atoms with Crippen molar-refractivity contribution < 1.29 is 13.6 Å². The molecular formula is C21H19BrF2N4O.